The zero-order valence-electron chi connectivity index (χ0n) is 5.80. The summed E-state index contributed by atoms with van der Waals surface area (Å²) in [5, 5.41) is 10.4. The molecule has 0 aromatic heterocycles. The first-order chi connectivity index (χ1) is 4.79. The number of carboxylic acids is 1. The number of carbonyl (C=O) groups excluding carboxylic acids is 1. The third kappa shape index (κ3) is 0.814. The molecule has 1 saturated heterocycles. The van der Waals surface area contributed by atoms with Crippen LogP contribution in [0.4, 0.5) is 0 Å². The third-order valence-electron chi connectivity index (χ3n) is 2.56. The molecule has 0 aromatic rings. The number of quaternary nitrogens is 1. The van der Waals surface area contributed by atoms with Crippen molar-refractivity contribution in [2.45, 2.75) is 31.3 Å². The van der Waals surface area contributed by atoms with E-state index in [2.05, 4.69) is 0 Å². The molecule has 0 radical (unpaired) electrons. The van der Waals surface area contributed by atoms with Crippen LogP contribution >= 0.6 is 0 Å². The fraction of sp³-hybridized carbons (Fsp3) is 0.857. The molecule has 0 spiro atoms. The second-order valence-electron chi connectivity index (χ2n) is 3.26. The summed E-state index contributed by atoms with van der Waals surface area (Å²) in [6.45, 7) is 1.04. The minimum absolute atomic E-state index is 0.174. The van der Waals surface area contributed by atoms with Gasteiger partial charge in [-0.1, -0.05) is 0 Å². The maximum atomic E-state index is 10.4. The highest BCUT2D eigenvalue weighted by molar-refractivity contribution is 5.70. The Kier molecular flexibility index (Phi) is 1.20. The standard InChI is InChI=1S/C7H11NO2/c9-7(10)6-3-4-8(6)5-1-2-5/h5-6H,1-4H2,(H,9,10)/t6-/m1/s1. The smallest absolute Gasteiger partial charge is 0.133 e. The van der Waals surface area contributed by atoms with E-state index in [1.54, 1.807) is 0 Å². The second kappa shape index (κ2) is 1.95. The van der Waals surface area contributed by atoms with Gasteiger partial charge in [-0.15, -0.1) is 0 Å². The summed E-state index contributed by atoms with van der Waals surface area (Å²) in [4.78, 5) is 11.7. The fourth-order valence-electron chi connectivity index (χ4n) is 1.67. The SMILES string of the molecule is O=C([O-])[C@H]1CC[NH+]1C1CC1. The van der Waals surface area contributed by atoms with Crippen molar-refractivity contribution in [3.05, 3.63) is 0 Å². The first-order valence-electron chi connectivity index (χ1n) is 3.85. The van der Waals surface area contributed by atoms with Crippen LogP contribution in [0.15, 0.2) is 0 Å². The van der Waals surface area contributed by atoms with Gasteiger partial charge in [-0.05, 0) is 0 Å². The van der Waals surface area contributed by atoms with Crippen molar-refractivity contribution in [1.82, 2.24) is 0 Å². The molecule has 1 saturated carbocycles. The Morgan fingerprint density at radius 3 is 2.40 bits per heavy atom. The molecule has 1 aliphatic carbocycles. The van der Waals surface area contributed by atoms with Gasteiger partial charge < -0.3 is 14.8 Å². The molecular weight excluding hydrogens is 130 g/mol. The van der Waals surface area contributed by atoms with Gasteiger partial charge >= 0.3 is 0 Å². The van der Waals surface area contributed by atoms with E-state index in [9.17, 15) is 9.90 Å². The summed E-state index contributed by atoms with van der Waals surface area (Å²) in [7, 11) is 0. The second-order valence-corrected chi connectivity index (χ2v) is 3.26. The Hall–Kier alpha value is -0.570. The molecule has 56 valence electrons. The lowest BCUT2D eigenvalue weighted by Gasteiger charge is -2.37. The lowest BCUT2D eigenvalue weighted by molar-refractivity contribution is -0.969. The number of hydrogen-bond donors (Lipinski definition) is 1. The number of likely N-dealkylation sites (tertiary alicyclic amines) is 1. The quantitative estimate of drug-likeness (QED) is 0.464. The Morgan fingerprint density at radius 2 is 2.10 bits per heavy atom. The molecule has 2 fully saturated rings. The van der Waals surface area contributed by atoms with Crippen molar-refractivity contribution in [1.29, 1.82) is 0 Å². The maximum absolute atomic E-state index is 10.4. The number of nitrogens with one attached hydrogen (secondary N) is 1. The van der Waals surface area contributed by atoms with Crippen LogP contribution in [0.1, 0.15) is 19.3 Å². The van der Waals surface area contributed by atoms with Crippen molar-refractivity contribution >= 4 is 5.97 Å². The van der Waals surface area contributed by atoms with E-state index in [1.165, 1.54) is 17.7 Å². The van der Waals surface area contributed by atoms with Crippen molar-refractivity contribution < 1.29 is 14.8 Å². The van der Waals surface area contributed by atoms with E-state index >= 15 is 0 Å². The van der Waals surface area contributed by atoms with Crippen LogP contribution in [0.3, 0.4) is 0 Å². The van der Waals surface area contributed by atoms with Crippen molar-refractivity contribution in [3.63, 3.8) is 0 Å². The van der Waals surface area contributed by atoms with Crippen LogP contribution in [0.25, 0.3) is 0 Å². The van der Waals surface area contributed by atoms with Gasteiger partial charge in [0.25, 0.3) is 0 Å². The predicted molar refractivity (Wildman–Crippen MR) is 32.3 cm³/mol. The molecule has 3 heteroatoms. The van der Waals surface area contributed by atoms with E-state index in [0.717, 1.165) is 13.0 Å². The molecule has 3 nitrogen and oxygen atoms in total. The van der Waals surface area contributed by atoms with E-state index < -0.39 is 5.97 Å². The summed E-state index contributed by atoms with van der Waals surface area (Å²) >= 11 is 0. The van der Waals surface area contributed by atoms with Gasteiger partial charge in [-0.2, -0.15) is 0 Å². The zero-order valence-corrected chi connectivity index (χ0v) is 5.80. The molecule has 0 aromatic carbocycles. The zero-order chi connectivity index (χ0) is 7.14. The normalized spacial score (nSPS) is 38.8. The largest absolute Gasteiger partial charge is 0.544 e. The van der Waals surface area contributed by atoms with Crippen LogP contribution in [0.2, 0.25) is 0 Å². The molecule has 2 aliphatic rings. The highest BCUT2D eigenvalue weighted by atomic mass is 16.4. The Labute approximate surface area is 59.6 Å². The van der Waals surface area contributed by atoms with Crippen molar-refractivity contribution in [2.24, 2.45) is 0 Å². The maximum Gasteiger partial charge on any atom is 0.133 e. The summed E-state index contributed by atoms with van der Waals surface area (Å²) < 4.78 is 0. The average molecular weight is 141 g/mol. The lowest BCUT2D eigenvalue weighted by Crippen LogP contribution is -3.24. The third-order valence-corrected chi connectivity index (χ3v) is 2.56. The Bertz CT molecular complexity index is 165. The molecule has 0 amide bonds. The van der Waals surface area contributed by atoms with Crippen LogP contribution in [-0.2, 0) is 4.79 Å². The van der Waals surface area contributed by atoms with Gasteiger partial charge in [0.15, 0.2) is 0 Å². The first kappa shape index (κ1) is 6.16. The minimum Gasteiger partial charge on any atom is -0.544 e. The first-order valence-corrected chi connectivity index (χ1v) is 3.85. The molecule has 1 heterocycles. The van der Waals surface area contributed by atoms with Gasteiger partial charge in [0.1, 0.15) is 6.04 Å². The molecule has 1 aliphatic heterocycles. The highest BCUT2D eigenvalue weighted by Gasteiger charge is 2.44. The van der Waals surface area contributed by atoms with E-state index in [4.69, 9.17) is 0 Å². The highest BCUT2D eigenvalue weighted by Crippen LogP contribution is 2.18. The molecule has 1 N–H and O–H groups in total. The van der Waals surface area contributed by atoms with E-state index in [1.807, 2.05) is 0 Å². The average Bonchev–Trinajstić information content (AvgIpc) is 2.43. The number of rotatable bonds is 2. The van der Waals surface area contributed by atoms with Crippen molar-refractivity contribution in [2.75, 3.05) is 6.54 Å². The number of aliphatic carboxylic acids is 1. The van der Waals surface area contributed by atoms with Gasteiger partial charge in [-0.25, -0.2) is 0 Å². The van der Waals surface area contributed by atoms with Crippen LogP contribution in [0.5, 0.6) is 0 Å². The number of carbonyl (C=O) groups is 1. The summed E-state index contributed by atoms with van der Waals surface area (Å²) in [6, 6.07) is 0.490. The van der Waals surface area contributed by atoms with E-state index in [-0.39, 0.29) is 6.04 Å². The van der Waals surface area contributed by atoms with Crippen LogP contribution in [-0.4, -0.2) is 24.6 Å². The molecule has 10 heavy (non-hydrogen) atoms. The molecule has 2 atom stereocenters. The number of hydrogen-bond acceptors (Lipinski definition) is 2. The Morgan fingerprint density at radius 1 is 1.40 bits per heavy atom. The van der Waals surface area contributed by atoms with Crippen LogP contribution < -0.4 is 10.0 Å². The summed E-state index contributed by atoms with van der Waals surface area (Å²) in [5.74, 6) is -0.854. The fourth-order valence-corrected chi connectivity index (χ4v) is 1.67. The molecule has 1 unspecified atom stereocenters. The topological polar surface area (TPSA) is 44.6 Å². The van der Waals surface area contributed by atoms with Gasteiger partial charge in [0.05, 0.1) is 25.0 Å². The van der Waals surface area contributed by atoms with Gasteiger partial charge in [0.2, 0.25) is 0 Å². The van der Waals surface area contributed by atoms with Crippen LogP contribution in [0, 0.1) is 0 Å². The molecule has 0 bridgehead atoms. The summed E-state index contributed by atoms with van der Waals surface area (Å²) in [5.41, 5.74) is 0. The molecular formula is C7H11NO2. The van der Waals surface area contributed by atoms with Gasteiger partial charge in [-0.3, -0.25) is 0 Å². The van der Waals surface area contributed by atoms with Crippen molar-refractivity contribution in [3.8, 4) is 0 Å². The van der Waals surface area contributed by atoms with E-state index in [0.29, 0.717) is 6.04 Å². The minimum atomic E-state index is -0.854. The lowest BCUT2D eigenvalue weighted by atomic mass is 10.0. The summed E-state index contributed by atoms with van der Waals surface area (Å²) in [6.07, 6.45) is 3.27. The Balaban J connectivity index is 1.92. The monoisotopic (exact) mass is 141 g/mol. The number of carboxylic acid groups (broad SMARTS) is 1. The van der Waals surface area contributed by atoms with Gasteiger partial charge in [0, 0.05) is 12.8 Å². The predicted octanol–water partition coefficient (Wildman–Crippen LogP) is -2.44. The molecule has 2 rings (SSSR count).